The Bertz CT molecular complexity index is 799. The number of pyridine rings is 1. The number of hydrogen-bond acceptors (Lipinski definition) is 4. The van der Waals surface area contributed by atoms with Crippen molar-refractivity contribution in [2.45, 2.75) is 20.0 Å². The minimum absolute atomic E-state index is 0. The maximum atomic E-state index is 12.0. The molecule has 2 aromatic rings. The normalized spacial score (nSPS) is 16.7. The number of carbonyl (C=O) groups is 1. The maximum Gasteiger partial charge on any atom is 0.406 e. The first kappa shape index (κ1) is 18.8. The van der Waals surface area contributed by atoms with Crippen LogP contribution in [0.25, 0.3) is 11.1 Å². The molecule has 1 aliphatic heterocycles. The number of benzene rings is 1. The summed E-state index contributed by atoms with van der Waals surface area (Å²) < 4.78 is 5.21. The van der Waals surface area contributed by atoms with Crippen LogP contribution in [0.3, 0.4) is 0 Å². The molecule has 2 heterocycles. The van der Waals surface area contributed by atoms with Crippen molar-refractivity contribution in [3.8, 4) is 11.1 Å². The number of nitrogens with two attached hydrogens (primary N) is 1. The average Bonchev–Trinajstić information content (AvgIpc) is 2.91. The number of hydrogen-bond donors (Lipinski definition) is 2. The Morgan fingerprint density at radius 2 is 2.12 bits per heavy atom. The second kappa shape index (κ2) is 7.59. The molecular weight excluding hydrogens is 383 g/mol. The van der Waals surface area contributed by atoms with Crippen molar-refractivity contribution in [3.63, 3.8) is 0 Å². The first-order chi connectivity index (χ1) is 11.0. The summed E-state index contributed by atoms with van der Waals surface area (Å²) in [4.78, 5) is 27.4. The molecule has 3 rings (SSSR count). The van der Waals surface area contributed by atoms with E-state index in [1.54, 1.807) is 17.2 Å². The molecule has 0 aliphatic carbocycles. The van der Waals surface area contributed by atoms with Gasteiger partial charge in [-0.25, -0.2) is 4.79 Å². The second-order valence-corrected chi connectivity index (χ2v) is 5.63. The van der Waals surface area contributed by atoms with E-state index in [0.29, 0.717) is 13.1 Å². The molecule has 1 amide bonds. The third-order valence-electron chi connectivity index (χ3n) is 3.94. The van der Waals surface area contributed by atoms with Crippen molar-refractivity contribution in [1.29, 1.82) is 0 Å². The molecule has 0 spiro atoms. The summed E-state index contributed by atoms with van der Waals surface area (Å²) in [5, 5.41) is 0. The molecule has 1 aromatic heterocycles. The first-order valence-corrected chi connectivity index (χ1v) is 7.40. The number of anilines is 1. The Kier molecular flexibility index (Phi) is 5.96. The standard InChI is InChI=1S/C17H18N3O3.Y/c1-10-6-15(20-9-13(7-18)23-17(20)22)11(2)5-14(10)12-3-4-16(21)19-8-12;/h3-4,6,8,13H,7,9,18H2,1-2H3,(H,19,21);/q-1;/t13-;/m0./s1. The van der Waals surface area contributed by atoms with Gasteiger partial charge < -0.3 is 20.4 Å². The van der Waals surface area contributed by atoms with Crippen molar-refractivity contribution in [2.75, 3.05) is 18.0 Å². The third kappa shape index (κ3) is 3.61. The van der Waals surface area contributed by atoms with Crippen LogP contribution < -0.4 is 16.2 Å². The number of amides is 1. The molecule has 1 fully saturated rings. The molecule has 0 unspecified atom stereocenters. The minimum Gasteiger partial charge on any atom is -0.443 e. The number of aryl methyl sites for hydroxylation is 2. The SMILES string of the molecule is Cc1[c-]c(-c2ccc(=O)[nH]c2)c(C)cc1N1C[C@H](CN)OC1=O.[Y]. The van der Waals surface area contributed by atoms with Gasteiger partial charge in [0.25, 0.3) is 0 Å². The second-order valence-electron chi connectivity index (χ2n) is 5.63. The van der Waals surface area contributed by atoms with Crippen molar-refractivity contribution in [3.05, 3.63) is 51.9 Å². The number of ether oxygens (including phenoxy) is 1. The molecule has 0 saturated carbocycles. The third-order valence-corrected chi connectivity index (χ3v) is 3.94. The van der Waals surface area contributed by atoms with E-state index in [0.717, 1.165) is 27.9 Å². The largest absolute Gasteiger partial charge is 0.443 e. The van der Waals surface area contributed by atoms with Gasteiger partial charge in [-0.05, 0) is 18.0 Å². The van der Waals surface area contributed by atoms with Crippen LogP contribution in [0, 0.1) is 19.9 Å². The summed E-state index contributed by atoms with van der Waals surface area (Å²) in [6.45, 7) is 4.59. The van der Waals surface area contributed by atoms with Gasteiger partial charge >= 0.3 is 6.09 Å². The predicted molar refractivity (Wildman–Crippen MR) is 87.5 cm³/mol. The van der Waals surface area contributed by atoms with Gasteiger partial charge in [0.1, 0.15) is 6.10 Å². The van der Waals surface area contributed by atoms with Gasteiger partial charge in [-0.1, -0.05) is 25.5 Å². The Morgan fingerprint density at radius 3 is 2.71 bits per heavy atom. The van der Waals surface area contributed by atoms with E-state index >= 15 is 0 Å². The van der Waals surface area contributed by atoms with Crippen molar-refractivity contribution < 1.29 is 42.2 Å². The molecule has 1 atom stereocenters. The van der Waals surface area contributed by atoms with Crippen molar-refractivity contribution in [1.82, 2.24) is 4.98 Å². The fourth-order valence-electron chi connectivity index (χ4n) is 2.72. The van der Waals surface area contributed by atoms with Crippen LogP contribution in [0.5, 0.6) is 0 Å². The smallest absolute Gasteiger partial charge is 0.406 e. The molecule has 7 heteroatoms. The van der Waals surface area contributed by atoms with Gasteiger partial charge in [-0.15, -0.1) is 28.8 Å². The van der Waals surface area contributed by atoms with Gasteiger partial charge in [-0.2, -0.15) is 0 Å². The summed E-state index contributed by atoms with van der Waals surface area (Å²) in [6, 6.07) is 8.48. The van der Waals surface area contributed by atoms with Crippen LogP contribution in [0.1, 0.15) is 11.1 Å². The predicted octanol–water partition coefficient (Wildman–Crippen LogP) is 1.74. The fraction of sp³-hybridized carbons (Fsp3) is 0.294. The number of rotatable bonds is 3. The van der Waals surface area contributed by atoms with Crippen LogP contribution in [0.2, 0.25) is 0 Å². The minimum atomic E-state index is -0.381. The summed E-state index contributed by atoms with van der Waals surface area (Å²) in [7, 11) is 0. The van der Waals surface area contributed by atoms with Gasteiger partial charge in [-0.3, -0.25) is 4.79 Å². The number of nitrogens with one attached hydrogen (secondary N) is 1. The van der Waals surface area contributed by atoms with Crippen LogP contribution in [0.4, 0.5) is 10.5 Å². The number of aromatic nitrogens is 1. The maximum absolute atomic E-state index is 12.0. The molecule has 6 nitrogen and oxygen atoms in total. The number of nitrogens with zero attached hydrogens (tertiary/aromatic N) is 1. The fourth-order valence-corrected chi connectivity index (χ4v) is 2.72. The number of cyclic esters (lactones) is 1. The monoisotopic (exact) mass is 401 g/mol. The number of H-pyrrole nitrogens is 1. The zero-order valence-electron chi connectivity index (χ0n) is 13.6. The summed E-state index contributed by atoms with van der Waals surface area (Å²) >= 11 is 0. The van der Waals surface area contributed by atoms with E-state index < -0.39 is 0 Å². The molecule has 0 bridgehead atoms. The van der Waals surface area contributed by atoms with Gasteiger partial charge in [0.15, 0.2) is 0 Å². The number of carbonyl (C=O) groups excluding carboxylic acids is 1. The van der Waals surface area contributed by atoms with Gasteiger partial charge in [0.05, 0.1) is 6.54 Å². The molecule has 24 heavy (non-hydrogen) atoms. The van der Waals surface area contributed by atoms with Gasteiger partial charge in [0.2, 0.25) is 5.56 Å². The van der Waals surface area contributed by atoms with E-state index in [1.807, 2.05) is 19.9 Å². The summed E-state index contributed by atoms with van der Waals surface area (Å²) in [5.74, 6) is 0. The van der Waals surface area contributed by atoms with E-state index in [4.69, 9.17) is 10.5 Å². The molecule has 3 N–H and O–H groups in total. The van der Waals surface area contributed by atoms with E-state index in [9.17, 15) is 9.59 Å². The first-order valence-electron chi connectivity index (χ1n) is 7.40. The van der Waals surface area contributed by atoms with E-state index in [2.05, 4.69) is 11.1 Å². The summed E-state index contributed by atoms with van der Waals surface area (Å²) in [6.07, 6.45) is 1.00. The van der Waals surface area contributed by atoms with Crippen LogP contribution in [-0.2, 0) is 37.4 Å². The Morgan fingerprint density at radius 1 is 1.38 bits per heavy atom. The van der Waals surface area contributed by atoms with E-state index in [-0.39, 0.29) is 50.5 Å². The molecule has 1 aromatic carbocycles. The molecule has 1 saturated heterocycles. The zero-order chi connectivity index (χ0) is 16.6. The quantitative estimate of drug-likeness (QED) is 0.767. The molecule has 123 valence electrons. The van der Waals surface area contributed by atoms with Crippen LogP contribution in [-0.4, -0.2) is 30.3 Å². The molecular formula is C17H18N3O3Y-. The van der Waals surface area contributed by atoms with Crippen molar-refractivity contribution in [2.24, 2.45) is 5.73 Å². The Hall–Kier alpha value is -1.50. The zero-order valence-corrected chi connectivity index (χ0v) is 16.5. The van der Waals surface area contributed by atoms with E-state index in [1.165, 1.54) is 6.07 Å². The Balaban J connectivity index is 0.00000208. The van der Waals surface area contributed by atoms with Crippen molar-refractivity contribution >= 4 is 11.8 Å². The molecule has 1 radical (unpaired) electrons. The van der Waals surface area contributed by atoms with Crippen LogP contribution in [0.15, 0.2) is 29.2 Å². The Labute approximate surface area is 165 Å². The van der Waals surface area contributed by atoms with Crippen LogP contribution >= 0.6 is 0 Å². The van der Waals surface area contributed by atoms with Gasteiger partial charge in [0, 0.05) is 39.3 Å². The topological polar surface area (TPSA) is 88.4 Å². The number of aromatic amines is 1. The summed E-state index contributed by atoms with van der Waals surface area (Å²) in [5.41, 5.74) is 9.77. The average molecular weight is 401 g/mol. The molecule has 1 aliphatic rings.